The van der Waals surface area contributed by atoms with E-state index in [-0.39, 0.29) is 30.3 Å². The highest BCUT2D eigenvalue weighted by Gasteiger charge is 2.26. The number of allylic oxidation sites excluding steroid dienone is 2. The maximum Gasteiger partial charge on any atom is 0.202 e. The van der Waals surface area contributed by atoms with E-state index in [1.807, 2.05) is 13.8 Å². The number of Topliss-reactive ketones (excluding diaryl/α,β-unsaturated/α-hetero) is 1. The van der Waals surface area contributed by atoms with Gasteiger partial charge in [0.2, 0.25) is 5.78 Å². The average molecular weight is 315 g/mol. The summed E-state index contributed by atoms with van der Waals surface area (Å²) in [5.41, 5.74) is 9.51. The predicted octanol–water partition coefficient (Wildman–Crippen LogP) is 1.31. The third-order valence-electron chi connectivity index (χ3n) is 4.07. The zero-order chi connectivity index (χ0) is 17.1. The predicted molar refractivity (Wildman–Crippen MR) is 89.9 cm³/mol. The van der Waals surface area contributed by atoms with Gasteiger partial charge in [-0.3, -0.25) is 9.59 Å². The lowest BCUT2D eigenvalue weighted by atomic mass is 9.98. The Morgan fingerprint density at radius 1 is 1.26 bits per heavy atom. The fourth-order valence-corrected chi connectivity index (χ4v) is 2.40. The maximum absolute atomic E-state index is 12.3. The fraction of sp³-hybridized carbons (Fsp3) is 0.353. The molecule has 2 rings (SSSR count). The molecule has 1 aromatic rings. The summed E-state index contributed by atoms with van der Waals surface area (Å²) in [7, 11) is 1.67. The molecule has 6 nitrogen and oxygen atoms in total. The van der Waals surface area contributed by atoms with Gasteiger partial charge in [0.15, 0.2) is 5.78 Å². The van der Waals surface area contributed by atoms with E-state index in [0.29, 0.717) is 23.6 Å². The molecule has 1 aromatic carbocycles. The quantitative estimate of drug-likeness (QED) is 0.817. The molecule has 0 fully saturated rings. The van der Waals surface area contributed by atoms with Crippen LogP contribution in [0, 0.1) is 13.8 Å². The Balaban J connectivity index is 2.35. The van der Waals surface area contributed by atoms with Gasteiger partial charge in [0.1, 0.15) is 0 Å². The van der Waals surface area contributed by atoms with Crippen LogP contribution in [0.25, 0.3) is 0 Å². The summed E-state index contributed by atoms with van der Waals surface area (Å²) in [6.07, 6.45) is 1.25. The van der Waals surface area contributed by atoms with Crippen LogP contribution in [0.1, 0.15) is 17.5 Å². The Kier molecular flexibility index (Phi) is 4.95. The zero-order valence-corrected chi connectivity index (χ0v) is 13.6. The first-order valence-corrected chi connectivity index (χ1v) is 7.39. The molecule has 0 aliphatic heterocycles. The van der Waals surface area contributed by atoms with Gasteiger partial charge in [0.05, 0.1) is 30.1 Å². The Hall–Kier alpha value is -2.47. The molecule has 0 heterocycles. The second-order valence-corrected chi connectivity index (χ2v) is 5.62. The molecule has 6 heteroatoms. The number of aliphatic hydroxyl groups is 1. The van der Waals surface area contributed by atoms with Gasteiger partial charge in [0.25, 0.3) is 0 Å². The van der Waals surface area contributed by atoms with E-state index >= 15 is 0 Å². The third-order valence-corrected chi connectivity index (χ3v) is 4.07. The molecule has 0 saturated carbocycles. The molecule has 0 aromatic heterocycles. The number of benzene rings is 1. The van der Waals surface area contributed by atoms with Crippen molar-refractivity contribution in [3.05, 3.63) is 35.0 Å². The Labute approximate surface area is 135 Å². The van der Waals surface area contributed by atoms with Gasteiger partial charge in [-0.15, -0.1) is 0 Å². The maximum atomic E-state index is 12.3. The highest BCUT2D eigenvalue weighted by molar-refractivity contribution is 6.50. The number of anilines is 1. The number of aliphatic imine (C=N–C) groups is 1. The molecule has 23 heavy (non-hydrogen) atoms. The van der Waals surface area contributed by atoms with Gasteiger partial charge in [-0.1, -0.05) is 0 Å². The van der Waals surface area contributed by atoms with Gasteiger partial charge in [-0.05, 0) is 37.1 Å². The van der Waals surface area contributed by atoms with Crippen molar-refractivity contribution < 1.29 is 14.7 Å². The summed E-state index contributed by atoms with van der Waals surface area (Å²) in [4.78, 5) is 30.4. The van der Waals surface area contributed by atoms with Gasteiger partial charge in [-0.25, -0.2) is 4.99 Å². The molecule has 0 atom stereocenters. The molecule has 0 spiro atoms. The molecule has 0 bridgehead atoms. The SMILES string of the molecule is Cc1c(N)ccc(N=C2CC(=O)C(N(C)CCO)=CC2=O)c1C. The van der Waals surface area contributed by atoms with E-state index in [0.717, 1.165) is 11.1 Å². The number of nitrogen functional groups attached to an aromatic ring is 1. The van der Waals surface area contributed by atoms with Crippen molar-refractivity contribution in [3.63, 3.8) is 0 Å². The number of ketones is 2. The first-order chi connectivity index (χ1) is 10.8. The van der Waals surface area contributed by atoms with Crippen molar-refractivity contribution in [2.75, 3.05) is 25.9 Å². The molecule has 0 saturated heterocycles. The number of rotatable bonds is 4. The number of hydrogen-bond donors (Lipinski definition) is 2. The first kappa shape index (κ1) is 16.9. The summed E-state index contributed by atoms with van der Waals surface area (Å²) in [5, 5.41) is 8.95. The molecule has 3 N–H and O–H groups in total. The lowest BCUT2D eigenvalue weighted by Gasteiger charge is -2.23. The topological polar surface area (TPSA) is 96.0 Å². The summed E-state index contributed by atoms with van der Waals surface area (Å²) in [6, 6.07) is 3.49. The van der Waals surface area contributed by atoms with E-state index in [2.05, 4.69) is 4.99 Å². The van der Waals surface area contributed by atoms with Crippen molar-refractivity contribution in [1.29, 1.82) is 0 Å². The molecule has 1 aliphatic carbocycles. The third kappa shape index (κ3) is 3.48. The minimum atomic E-state index is -0.279. The molecule has 0 unspecified atom stereocenters. The largest absolute Gasteiger partial charge is 0.399 e. The van der Waals surface area contributed by atoms with Crippen molar-refractivity contribution in [2.24, 2.45) is 4.99 Å². The number of nitrogens with zero attached hydrogens (tertiary/aromatic N) is 2. The van der Waals surface area contributed by atoms with Gasteiger partial charge in [0, 0.05) is 25.4 Å². The molecule has 122 valence electrons. The van der Waals surface area contributed by atoms with Crippen LogP contribution in [-0.2, 0) is 9.59 Å². The standard InChI is InChI=1S/C17H21N3O3/c1-10-11(2)13(5-4-12(10)18)19-14-8-17(23)15(9-16(14)22)20(3)6-7-21/h4-5,9,21H,6-8,18H2,1-3H3. The van der Waals surface area contributed by atoms with E-state index in [1.54, 1.807) is 24.1 Å². The summed E-state index contributed by atoms with van der Waals surface area (Å²) < 4.78 is 0. The Morgan fingerprint density at radius 2 is 1.96 bits per heavy atom. The van der Waals surface area contributed by atoms with E-state index in [1.165, 1.54) is 6.08 Å². The van der Waals surface area contributed by atoms with Crippen molar-refractivity contribution in [1.82, 2.24) is 4.90 Å². The second kappa shape index (κ2) is 6.75. The van der Waals surface area contributed by atoms with Crippen molar-refractivity contribution >= 4 is 28.7 Å². The van der Waals surface area contributed by atoms with Crippen LogP contribution in [0.5, 0.6) is 0 Å². The van der Waals surface area contributed by atoms with Crippen LogP contribution in [0.4, 0.5) is 11.4 Å². The summed E-state index contributed by atoms with van der Waals surface area (Å²) >= 11 is 0. The molecular formula is C17H21N3O3. The highest BCUT2D eigenvalue weighted by Crippen LogP contribution is 2.27. The number of aliphatic hydroxyl groups excluding tert-OH is 1. The van der Waals surface area contributed by atoms with Crippen LogP contribution in [-0.4, -0.2) is 47.5 Å². The van der Waals surface area contributed by atoms with Crippen LogP contribution in [0.2, 0.25) is 0 Å². The van der Waals surface area contributed by atoms with Gasteiger partial charge in [-0.2, -0.15) is 0 Å². The number of carbonyl (C=O) groups excluding carboxylic acids is 2. The Morgan fingerprint density at radius 3 is 2.61 bits per heavy atom. The second-order valence-electron chi connectivity index (χ2n) is 5.62. The van der Waals surface area contributed by atoms with Gasteiger partial charge < -0.3 is 15.7 Å². The fourth-order valence-electron chi connectivity index (χ4n) is 2.40. The minimum absolute atomic E-state index is 0.0384. The zero-order valence-electron chi connectivity index (χ0n) is 13.6. The van der Waals surface area contributed by atoms with Crippen LogP contribution in [0.15, 0.2) is 28.9 Å². The molecule has 1 aliphatic rings. The van der Waals surface area contributed by atoms with Crippen LogP contribution < -0.4 is 5.73 Å². The summed E-state index contributed by atoms with van der Waals surface area (Å²) in [5.74, 6) is -0.456. The van der Waals surface area contributed by atoms with Crippen molar-refractivity contribution in [2.45, 2.75) is 20.3 Å². The van der Waals surface area contributed by atoms with E-state index in [9.17, 15) is 9.59 Å². The smallest absolute Gasteiger partial charge is 0.202 e. The molecular weight excluding hydrogens is 294 g/mol. The number of carbonyl (C=O) groups is 2. The molecule has 0 radical (unpaired) electrons. The van der Waals surface area contributed by atoms with Crippen molar-refractivity contribution in [3.8, 4) is 0 Å². The number of likely N-dealkylation sites (N-methyl/N-ethyl adjacent to an activating group) is 1. The summed E-state index contributed by atoms with van der Waals surface area (Å²) in [6.45, 7) is 3.99. The first-order valence-electron chi connectivity index (χ1n) is 7.39. The van der Waals surface area contributed by atoms with Crippen LogP contribution in [0.3, 0.4) is 0 Å². The number of nitrogens with two attached hydrogens (primary N) is 1. The highest BCUT2D eigenvalue weighted by atomic mass is 16.3. The lowest BCUT2D eigenvalue weighted by Crippen LogP contribution is -2.33. The Bertz CT molecular complexity index is 720. The minimum Gasteiger partial charge on any atom is -0.399 e. The average Bonchev–Trinajstić information content (AvgIpc) is 2.51. The van der Waals surface area contributed by atoms with E-state index in [4.69, 9.17) is 10.8 Å². The normalized spacial score (nSPS) is 16.7. The monoisotopic (exact) mass is 315 g/mol. The van der Waals surface area contributed by atoms with E-state index < -0.39 is 0 Å². The lowest BCUT2D eigenvalue weighted by molar-refractivity contribution is -0.118. The number of hydrogen-bond acceptors (Lipinski definition) is 6. The van der Waals surface area contributed by atoms with Gasteiger partial charge >= 0.3 is 0 Å². The molecule has 0 amide bonds. The van der Waals surface area contributed by atoms with Crippen LogP contribution >= 0.6 is 0 Å².